The van der Waals surface area contributed by atoms with Crippen molar-refractivity contribution in [1.82, 2.24) is 9.97 Å². The lowest BCUT2D eigenvalue weighted by atomic mass is 10.2. The molecule has 1 aromatic heterocycles. The van der Waals surface area contributed by atoms with E-state index in [0.717, 1.165) is 21.9 Å². The molecule has 4 heteroatoms. The van der Waals surface area contributed by atoms with Crippen molar-refractivity contribution in [3.05, 3.63) is 24.3 Å². The minimum absolute atomic E-state index is 0.414. The summed E-state index contributed by atoms with van der Waals surface area (Å²) in [6.45, 7) is 6.88. The quantitative estimate of drug-likeness (QED) is 0.496. The molecule has 1 N–H and O–H groups in total. The summed E-state index contributed by atoms with van der Waals surface area (Å²) in [6, 6.07) is 8.22. The van der Waals surface area contributed by atoms with E-state index in [0.29, 0.717) is 4.75 Å². The van der Waals surface area contributed by atoms with Gasteiger partial charge in [-0.2, -0.15) is 11.8 Å². The Hall–Kier alpha value is -0.610. The van der Waals surface area contributed by atoms with Gasteiger partial charge in [-0.3, -0.25) is 0 Å². The lowest BCUT2D eigenvalue weighted by molar-refractivity contribution is 0.706. The number of unbranched alkanes of at least 4 members (excludes halogenated alkanes) is 3. The van der Waals surface area contributed by atoms with E-state index >= 15 is 0 Å². The molecule has 116 valence electrons. The molecule has 1 aromatic carbocycles. The number of aromatic nitrogens is 2. The Morgan fingerprint density at radius 1 is 1.00 bits per heavy atom. The van der Waals surface area contributed by atoms with Crippen molar-refractivity contribution in [3.8, 4) is 0 Å². The largest absolute Gasteiger partial charge is 0.333 e. The zero-order valence-electron chi connectivity index (χ0n) is 13.3. The SMILES string of the molecule is CC(C)(C)SCCCCCCSc1nc2ccccc2[nH]1. The van der Waals surface area contributed by atoms with Crippen molar-refractivity contribution in [2.45, 2.75) is 56.4 Å². The molecule has 0 unspecified atom stereocenters. The minimum Gasteiger partial charge on any atom is -0.333 e. The first kappa shape index (κ1) is 16.8. The molecule has 0 aliphatic heterocycles. The van der Waals surface area contributed by atoms with Crippen LogP contribution in [0.2, 0.25) is 0 Å². The zero-order valence-corrected chi connectivity index (χ0v) is 14.9. The molecule has 2 rings (SSSR count). The van der Waals surface area contributed by atoms with Gasteiger partial charge >= 0.3 is 0 Å². The number of rotatable bonds is 8. The molecule has 0 fully saturated rings. The number of para-hydroxylation sites is 2. The topological polar surface area (TPSA) is 28.7 Å². The molecule has 2 aromatic rings. The number of benzene rings is 1. The summed E-state index contributed by atoms with van der Waals surface area (Å²) < 4.78 is 0.414. The lowest BCUT2D eigenvalue weighted by Gasteiger charge is -2.17. The molecule has 0 saturated heterocycles. The summed E-state index contributed by atoms with van der Waals surface area (Å²) in [4.78, 5) is 7.96. The van der Waals surface area contributed by atoms with Crippen LogP contribution in [-0.4, -0.2) is 26.2 Å². The highest BCUT2D eigenvalue weighted by Gasteiger charge is 2.09. The van der Waals surface area contributed by atoms with Gasteiger partial charge in [0.2, 0.25) is 0 Å². The van der Waals surface area contributed by atoms with Crippen LogP contribution >= 0.6 is 23.5 Å². The molecule has 1 heterocycles. The van der Waals surface area contributed by atoms with Crippen molar-refractivity contribution in [2.75, 3.05) is 11.5 Å². The Kier molecular flexibility index (Phi) is 6.49. The third-order valence-electron chi connectivity index (χ3n) is 3.18. The van der Waals surface area contributed by atoms with Crippen LogP contribution in [0.1, 0.15) is 46.5 Å². The van der Waals surface area contributed by atoms with Crippen LogP contribution in [-0.2, 0) is 0 Å². The van der Waals surface area contributed by atoms with Crippen molar-refractivity contribution in [2.24, 2.45) is 0 Å². The Balaban J connectivity index is 1.56. The summed E-state index contributed by atoms with van der Waals surface area (Å²) in [5.41, 5.74) is 2.21. The van der Waals surface area contributed by atoms with Crippen LogP contribution in [0.25, 0.3) is 11.0 Å². The highest BCUT2D eigenvalue weighted by Crippen LogP contribution is 2.25. The van der Waals surface area contributed by atoms with Crippen LogP contribution in [0.4, 0.5) is 0 Å². The van der Waals surface area contributed by atoms with Gasteiger partial charge in [-0.25, -0.2) is 4.98 Å². The second-order valence-corrected chi connectivity index (χ2v) is 9.29. The number of imidazole rings is 1. The van der Waals surface area contributed by atoms with E-state index in [4.69, 9.17) is 0 Å². The molecule has 0 spiro atoms. The Morgan fingerprint density at radius 2 is 1.71 bits per heavy atom. The second-order valence-electron chi connectivity index (χ2n) is 6.28. The summed E-state index contributed by atoms with van der Waals surface area (Å²) >= 11 is 3.92. The maximum Gasteiger partial charge on any atom is 0.166 e. The van der Waals surface area contributed by atoms with Gasteiger partial charge in [0.25, 0.3) is 0 Å². The Labute approximate surface area is 136 Å². The van der Waals surface area contributed by atoms with E-state index in [1.807, 2.05) is 23.9 Å². The molecule has 0 saturated carbocycles. The molecule has 0 bridgehead atoms. The van der Waals surface area contributed by atoms with Gasteiger partial charge < -0.3 is 4.98 Å². The summed E-state index contributed by atoms with van der Waals surface area (Å²) in [6.07, 6.45) is 5.31. The number of nitrogens with zero attached hydrogens (tertiary/aromatic N) is 1. The number of thioether (sulfide) groups is 2. The number of H-pyrrole nitrogens is 1. The summed E-state index contributed by atoms with van der Waals surface area (Å²) in [7, 11) is 0. The summed E-state index contributed by atoms with van der Waals surface area (Å²) in [5.74, 6) is 2.45. The maximum atomic E-state index is 4.59. The van der Waals surface area contributed by atoms with Gasteiger partial charge in [-0.15, -0.1) is 0 Å². The smallest absolute Gasteiger partial charge is 0.166 e. The zero-order chi connectivity index (χ0) is 15.1. The van der Waals surface area contributed by atoms with E-state index in [-0.39, 0.29) is 0 Å². The second kappa shape index (κ2) is 8.14. The minimum atomic E-state index is 0.414. The first-order valence-electron chi connectivity index (χ1n) is 7.76. The molecular formula is C17H26N2S2. The van der Waals surface area contributed by atoms with Crippen molar-refractivity contribution in [1.29, 1.82) is 0 Å². The average molecular weight is 323 g/mol. The third kappa shape index (κ3) is 6.35. The van der Waals surface area contributed by atoms with E-state index in [1.165, 1.54) is 31.4 Å². The average Bonchev–Trinajstić information content (AvgIpc) is 2.83. The van der Waals surface area contributed by atoms with E-state index in [9.17, 15) is 0 Å². The van der Waals surface area contributed by atoms with Gasteiger partial charge in [0.15, 0.2) is 5.16 Å². The maximum absolute atomic E-state index is 4.59. The van der Waals surface area contributed by atoms with Gasteiger partial charge in [0.1, 0.15) is 0 Å². The molecule has 0 aliphatic rings. The summed E-state index contributed by atoms with van der Waals surface area (Å²) in [5, 5.41) is 1.06. The predicted molar refractivity (Wildman–Crippen MR) is 97.5 cm³/mol. The molecule has 21 heavy (non-hydrogen) atoms. The number of hydrogen-bond donors (Lipinski definition) is 1. The van der Waals surface area contributed by atoms with Crippen LogP contribution in [0, 0.1) is 0 Å². The van der Waals surface area contributed by atoms with Crippen molar-refractivity contribution >= 4 is 34.6 Å². The van der Waals surface area contributed by atoms with Crippen LogP contribution in [0.15, 0.2) is 29.4 Å². The lowest BCUT2D eigenvalue weighted by Crippen LogP contribution is -2.08. The highest BCUT2D eigenvalue weighted by molar-refractivity contribution is 8.00. The molecular weight excluding hydrogens is 296 g/mol. The number of aromatic amines is 1. The standard InChI is InChI=1S/C17H26N2S2/c1-17(2,3)21-13-9-5-4-8-12-20-16-18-14-10-6-7-11-15(14)19-16/h6-7,10-11H,4-5,8-9,12-13H2,1-3H3,(H,18,19). The first-order valence-corrected chi connectivity index (χ1v) is 9.73. The molecule has 0 amide bonds. The highest BCUT2D eigenvalue weighted by atomic mass is 32.2. The fraction of sp³-hybridized carbons (Fsp3) is 0.588. The van der Waals surface area contributed by atoms with Crippen LogP contribution in [0.5, 0.6) is 0 Å². The fourth-order valence-corrected chi connectivity index (χ4v) is 3.95. The number of fused-ring (bicyclic) bond motifs is 1. The monoisotopic (exact) mass is 322 g/mol. The normalized spacial score (nSPS) is 12.1. The van der Waals surface area contributed by atoms with Crippen LogP contribution < -0.4 is 0 Å². The van der Waals surface area contributed by atoms with E-state index in [1.54, 1.807) is 0 Å². The number of hydrogen-bond acceptors (Lipinski definition) is 3. The van der Waals surface area contributed by atoms with Gasteiger partial charge in [-0.05, 0) is 30.7 Å². The van der Waals surface area contributed by atoms with Crippen molar-refractivity contribution < 1.29 is 0 Å². The first-order chi connectivity index (χ1) is 10.0. The molecule has 0 aliphatic carbocycles. The Bertz CT molecular complexity index is 510. The van der Waals surface area contributed by atoms with E-state index < -0.39 is 0 Å². The molecule has 2 nitrogen and oxygen atoms in total. The van der Waals surface area contributed by atoms with Crippen LogP contribution in [0.3, 0.4) is 0 Å². The van der Waals surface area contributed by atoms with E-state index in [2.05, 4.69) is 54.6 Å². The Morgan fingerprint density at radius 3 is 2.43 bits per heavy atom. The molecule has 0 atom stereocenters. The number of nitrogens with one attached hydrogen (secondary N) is 1. The predicted octanol–water partition coefficient (Wildman–Crippen LogP) is 5.75. The molecule has 0 radical (unpaired) electrons. The van der Waals surface area contributed by atoms with Gasteiger partial charge in [-0.1, -0.05) is 57.5 Å². The van der Waals surface area contributed by atoms with Gasteiger partial charge in [0, 0.05) is 10.5 Å². The van der Waals surface area contributed by atoms with Gasteiger partial charge in [0.05, 0.1) is 11.0 Å². The fourth-order valence-electron chi connectivity index (χ4n) is 2.10. The van der Waals surface area contributed by atoms with Crippen molar-refractivity contribution in [3.63, 3.8) is 0 Å². The third-order valence-corrected chi connectivity index (χ3v) is 5.50.